The van der Waals surface area contributed by atoms with Gasteiger partial charge in [0.25, 0.3) is 5.91 Å². The Bertz CT molecular complexity index is 1530. The number of methoxy groups -OCH3 is 3. The van der Waals surface area contributed by atoms with Gasteiger partial charge in [0.15, 0.2) is 0 Å². The highest BCUT2D eigenvalue weighted by molar-refractivity contribution is 7.09. The van der Waals surface area contributed by atoms with Gasteiger partial charge in [0.2, 0.25) is 5.91 Å². The number of hydrogen-bond acceptors (Lipinski definition) is 8. The number of carbonyl (C=O) groups excluding carboxylic acids is 2. The summed E-state index contributed by atoms with van der Waals surface area (Å²) in [5, 5.41) is 3.21. The van der Waals surface area contributed by atoms with Crippen molar-refractivity contribution in [2.45, 2.75) is 44.3 Å². The Balaban J connectivity index is 1.56. The molecule has 2 amide bonds. The van der Waals surface area contributed by atoms with E-state index in [9.17, 15) is 9.59 Å². The number of nitrogen functional groups attached to an aromatic ring is 1. The van der Waals surface area contributed by atoms with E-state index >= 15 is 0 Å². The number of amides is 2. The summed E-state index contributed by atoms with van der Waals surface area (Å²) in [6.45, 7) is 0.160. The van der Waals surface area contributed by atoms with Gasteiger partial charge in [-0.2, -0.15) is 4.37 Å². The van der Waals surface area contributed by atoms with Crippen LogP contribution in [0.1, 0.15) is 52.5 Å². The first-order valence-corrected chi connectivity index (χ1v) is 15.0. The van der Waals surface area contributed by atoms with Gasteiger partial charge in [-0.1, -0.05) is 37.1 Å². The fourth-order valence-electron chi connectivity index (χ4n) is 5.36. The molecule has 0 aliphatic heterocycles. The summed E-state index contributed by atoms with van der Waals surface area (Å²) in [6.07, 6.45) is 3.97. The van der Waals surface area contributed by atoms with Crippen molar-refractivity contribution in [3.63, 3.8) is 0 Å². The van der Waals surface area contributed by atoms with Gasteiger partial charge in [0.05, 0.1) is 27.0 Å². The zero-order chi connectivity index (χ0) is 30.3. The topological polar surface area (TPSA) is 116 Å². The number of aromatic nitrogens is 1. The van der Waals surface area contributed by atoms with Crippen molar-refractivity contribution in [2.75, 3.05) is 27.1 Å². The molecular weight excluding hydrogens is 564 g/mol. The van der Waals surface area contributed by atoms with Gasteiger partial charge in [0.1, 0.15) is 33.9 Å². The maximum atomic E-state index is 14.5. The Labute approximate surface area is 255 Å². The van der Waals surface area contributed by atoms with E-state index in [4.69, 9.17) is 19.9 Å². The first-order chi connectivity index (χ1) is 20.9. The summed E-state index contributed by atoms with van der Waals surface area (Å²) in [4.78, 5) is 30.4. The number of nitrogens with zero attached hydrogens (tertiary/aromatic N) is 2. The number of benzene rings is 3. The van der Waals surface area contributed by atoms with Crippen molar-refractivity contribution in [3.8, 4) is 28.5 Å². The normalized spacial score (nSPS) is 13.7. The molecule has 1 saturated carbocycles. The van der Waals surface area contributed by atoms with Crippen LogP contribution < -0.4 is 25.3 Å². The molecule has 1 aromatic heterocycles. The lowest BCUT2D eigenvalue weighted by molar-refractivity contribution is -0.126. The van der Waals surface area contributed by atoms with Crippen molar-refractivity contribution in [1.29, 1.82) is 0 Å². The Morgan fingerprint density at radius 3 is 1.98 bits per heavy atom. The van der Waals surface area contributed by atoms with Crippen molar-refractivity contribution in [2.24, 2.45) is 0 Å². The average Bonchev–Trinajstić information content (AvgIpc) is 3.70. The summed E-state index contributed by atoms with van der Waals surface area (Å²) < 4.78 is 20.5. The molecule has 1 aliphatic rings. The molecular formula is C33H36N4O5S. The number of rotatable bonds is 11. The van der Waals surface area contributed by atoms with Crippen LogP contribution in [-0.2, 0) is 11.3 Å². The molecule has 1 heterocycles. The smallest absolute Gasteiger partial charge is 0.268 e. The second-order valence-electron chi connectivity index (χ2n) is 10.4. The fourth-order valence-corrected chi connectivity index (χ4v) is 6.13. The molecule has 1 fully saturated rings. The highest BCUT2D eigenvalue weighted by atomic mass is 32.1. The molecule has 0 saturated heterocycles. The van der Waals surface area contributed by atoms with Crippen LogP contribution in [0.3, 0.4) is 0 Å². The number of hydrogen-bond donors (Lipinski definition) is 2. The zero-order valence-electron chi connectivity index (χ0n) is 24.5. The summed E-state index contributed by atoms with van der Waals surface area (Å²) in [6, 6.07) is 21.2. The Kier molecular flexibility index (Phi) is 9.46. The third kappa shape index (κ3) is 6.75. The summed E-state index contributed by atoms with van der Waals surface area (Å²) in [7, 11) is 4.79. The molecule has 3 N–H and O–H groups in total. The Hall–Kier alpha value is -4.57. The van der Waals surface area contributed by atoms with Crippen LogP contribution in [0.4, 0.5) is 5.69 Å². The summed E-state index contributed by atoms with van der Waals surface area (Å²) in [5.74, 6) is 1.44. The molecule has 1 aliphatic carbocycles. The SMILES string of the molecule is COc1ccc(CN(C(=O)c2snc(-c3ccc(OC)cc3)c2N)[C@@H](C(=O)NC2CCCC2)c2ccc(OC)cc2)cc1. The number of ether oxygens (including phenoxy) is 3. The van der Waals surface area contributed by atoms with Crippen LogP contribution in [-0.4, -0.2) is 48.5 Å². The van der Waals surface area contributed by atoms with Crippen molar-refractivity contribution in [3.05, 3.63) is 88.8 Å². The lowest BCUT2D eigenvalue weighted by Crippen LogP contribution is -2.45. The van der Waals surface area contributed by atoms with Crippen LogP contribution in [0.2, 0.25) is 0 Å². The molecule has 5 rings (SSSR count). The maximum Gasteiger partial charge on any atom is 0.268 e. The summed E-state index contributed by atoms with van der Waals surface area (Å²) in [5.41, 5.74) is 9.64. The van der Waals surface area contributed by atoms with E-state index in [0.29, 0.717) is 28.5 Å². The largest absolute Gasteiger partial charge is 0.497 e. The number of nitrogens with two attached hydrogens (primary N) is 1. The number of nitrogens with one attached hydrogen (secondary N) is 1. The minimum Gasteiger partial charge on any atom is -0.497 e. The Morgan fingerprint density at radius 1 is 0.884 bits per heavy atom. The molecule has 10 heteroatoms. The van der Waals surface area contributed by atoms with Crippen LogP contribution in [0.5, 0.6) is 17.2 Å². The molecule has 0 bridgehead atoms. The van der Waals surface area contributed by atoms with E-state index < -0.39 is 6.04 Å². The van der Waals surface area contributed by atoms with Crippen LogP contribution >= 0.6 is 11.5 Å². The van der Waals surface area contributed by atoms with Crippen LogP contribution in [0.15, 0.2) is 72.8 Å². The van der Waals surface area contributed by atoms with Gasteiger partial charge in [-0.3, -0.25) is 9.59 Å². The second kappa shape index (κ2) is 13.6. The predicted octanol–water partition coefficient (Wildman–Crippen LogP) is 5.86. The highest BCUT2D eigenvalue weighted by Gasteiger charge is 2.36. The van der Waals surface area contributed by atoms with Gasteiger partial charge in [0, 0.05) is 18.2 Å². The number of anilines is 1. The van der Waals surface area contributed by atoms with Crippen molar-refractivity contribution in [1.82, 2.24) is 14.6 Å². The quantitative estimate of drug-likeness (QED) is 0.222. The molecule has 4 aromatic rings. The third-order valence-corrected chi connectivity index (χ3v) is 8.60. The average molecular weight is 601 g/mol. The van der Waals surface area contributed by atoms with E-state index in [1.807, 2.05) is 60.7 Å². The van der Waals surface area contributed by atoms with Gasteiger partial charge in [-0.25, -0.2) is 0 Å². The fraction of sp³-hybridized carbons (Fsp3) is 0.303. The van der Waals surface area contributed by atoms with Gasteiger partial charge in [-0.15, -0.1) is 0 Å². The molecule has 224 valence electrons. The molecule has 1 atom stereocenters. The first-order valence-electron chi connectivity index (χ1n) is 14.2. The van der Waals surface area contributed by atoms with E-state index in [2.05, 4.69) is 9.69 Å². The minimum atomic E-state index is -0.924. The number of carbonyl (C=O) groups is 2. The van der Waals surface area contributed by atoms with Gasteiger partial charge >= 0.3 is 0 Å². The highest BCUT2D eigenvalue weighted by Crippen LogP contribution is 2.36. The third-order valence-electron chi connectivity index (χ3n) is 7.75. The Morgan fingerprint density at radius 2 is 1.42 bits per heavy atom. The predicted molar refractivity (Wildman–Crippen MR) is 168 cm³/mol. The molecule has 0 unspecified atom stereocenters. The van der Waals surface area contributed by atoms with Crippen LogP contribution in [0, 0.1) is 0 Å². The van der Waals surface area contributed by atoms with E-state index in [0.717, 1.165) is 48.3 Å². The van der Waals surface area contributed by atoms with Crippen molar-refractivity contribution < 1.29 is 23.8 Å². The van der Waals surface area contributed by atoms with Crippen LogP contribution in [0.25, 0.3) is 11.3 Å². The van der Waals surface area contributed by atoms with E-state index in [-0.39, 0.29) is 35.0 Å². The molecule has 9 nitrogen and oxygen atoms in total. The second-order valence-corrected chi connectivity index (χ2v) is 11.2. The standard InChI is InChI=1S/C33H36N4O5S/c1-40-25-14-8-21(9-15-25)20-37(33(39)31-28(34)29(36-43-31)22-10-16-26(41-2)17-11-22)30(23-12-18-27(42-3)19-13-23)32(38)35-24-6-4-5-7-24/h8-19,24,30H,4-7,20,34H2,1-3H3,(H,35,38)/t30-/m1/s1. The molecule has 3 aromatic carbocycles. The van der Waals surface area contributed by atoms with E-state index in [1.165, 1.54) is 0 Å². The minimum absolute atomic E-state index is 0.0707. The molecule has 0 spiro atoms. The lowest BCUT2D eigenvalue weighted by atomic mass is 10.0. The summed E-state index contributed by atoms with van der Waals surface area (Å²) >= 11 is 1.03. The maximum absolute atomic E-state index is 14.5. The van der Waals surface area contributed by atoms with Gasteiger partial charge in [-0.05, 0) is 84.0 Å². The lowest BCUT2D eigenvalue weighted by Gasteiger charge is -2.32. The van der Waals surface area contributed by atoms with Gasteiger partial charge < -0.3 is 30.2 Å². The first kappa shape index (κ1) is 29.9. The van der Waals surface area contributed by atoms with E-state index in [1.54, 1.807) is 38.4 Å². The molecule has 43 heavy (non-hydrogen) atoms. The van der Waals surface area contributed by atoms with Crippen molar-refractivity contribution >= 4 is 29.0 Å². The monoisotopic (exact) mass is 600 g/mol. The zero-order valence-corrected chi connectivity index (χ0v) is 25.4. The molecule has 0 radical (unpaired) electrons.